The number of carbonyl (C=O) groups excluding carboxylic acids is 1. The predicted octanol–water partition coefficient (Wildman–Crippen LogP) is 4.03. The monoisotopic (exact) mass is 371 g/mol. The molecule has 1 N–H and O–H groups in total. The Morgan fingerprint density at radius 3 is 2.64 bits per heavy atom. The van der Waals surface area contributed by atoms with E-state index in [1.54, 1.807) is 12.3 Å². The fraction of sp³-hybridized carbons (Fsp3) is 0.250. The van der Waals surface area contributed by atoms with E-state index in [9.17, 15) is 4.79 Å². The number of amides is 1. The van der Waals surface area contributed by atoms with Crippen molar-refractivity contribution in [1.82, 2.24) is 15.2 Å². The third kappa shape index (κ3) is 4.65. The summed E-state index contributed by atoms with van der Waals surface area (Å²) in [6.07, 6.45) is 7.24. The number of hydrogen-bond donors (Lipinski definition) is 1. The smallest absolute Gasteiger partial charge is 0.244 e. The van der Waals surface area contributed by atoms with Gasteiger partial charge in [-0.15, -0.1) is 0 Å². The van der Waals surface area contributed by atoms with Gasteiger partial charge in [0.2, 0.25) is 5.91 Å². The van der Waals surface area contributed by atoms with Crippen LogP contribution >= 0.6 is 0 Å². The molecule has 1 amide bonds. The van der Waals surface area contributed by atoms with E-state index in [2.05, 4.69) is 39.5 Å². The van der Waals surface area contributed by atoms with E-state index in [0.717, 1.165) is 48.9 Å². The van der Waals surface area contributed by atoms with Crippen molar-refractivity contribution >= 4 is 22.9 Å². The number of nitrogens with one attached hydrogen (secondary N) is 1. The number of hydrogen-bond acceptors (Lipinski definition) is 3. The van der Waals surface area contributed by atoms with Crippen LogP contribution in [0.25, 0.3) is 17.0 Å². The van der Waals surface area contributed by atoms with Crippen molar-refractivity contribution in [2.45, 2.75) is 25.4 Å². The molecule has 1 saturated heterocycles. The minimum Gasteiger partial charge on any atom is -0.350 e. The van der Waals surface area contributed by atoms with Crippen molar-refractivity contribution in [2.75, 3.05) is 13.1 Å². The highest BCUT2D eigenvalue weighted by molar-refractivity contribution is 5.95. The highest BCUT2D eigenvalue weighted by Crippen LogP contribution is 2.17. The Balaban J connectivity index is 1.29. The molecule has 4 nitrogen and oxygen atoms in total. The molecule has 142 valence electrons. The van der Waals surface area contributed by atoms with Gasteiger partial charge in [0.05, 0.1) is 5.52 Å². The number of likely N-dealkylation sites (tertiary alicyclic amines) is 1. The van der Waals surface area contributed by atoms with Crippen LogP contribution in [0, 0.1) is 0 Å². The molecule has 1 aliphatic rings. The van der Waals surface area contributed by atoms with Gasteiger partial charge in [-0.1, -0.05) is 54.6 Å². The number of piperidine rings is 1. The molecule has 2 heterocycles. The standard InChI is InChI=1S/C24H25N3O/c28-23(12-11-21-9-4-8-20-10-5-15-25-24(20)21)26-22-13-16-27(17-14-22)18-19-6-2-1-3-7-19/h1-12,15,22H,13-14,16-18H2,(H,26,28)/b12-11+. The van der Waals surface area contributed by atoms with Gasteiger partial charge < -0.3 is 5.32 Å². The molecule has 4 rings (SSSR count). The lowest BCUT2D eigenvalue weighted by atomic mass is 10.0. The third-order valence-electron chi connectivity index (χ3n) is 5.26. The molecule has 28 heavy (non-hydrogen) atoms. The van der Waals surface area contributed by atoms with Crippen LogP contribution in [0.4, 0.5) is 0 Å². The lowest BCUT2D eigenvalue weighted by molar-refractivity contribution is -0.117. The summed E-state index contributed by atoms with van der Waals surface area (Å²) in [6, 6.07) is 20.8. The van der Waals surface area contributed by atoms with Crippen LogP contribution in [0.3, 0.4) is 0 Å². The first-order valence-electron chi connectivity index (χ1n) is 9.86. The zero-order chi connectivity index (χ0) is 19.2. The average molecular weight is 371 g/mol. The van der Waals surface area contributed by atoms with E-state index in [1.165, 1.54) is 5.56 Å². The van der Waals surface area contributed by atoms with Gasteiger partial charge in [0, 0.05) is 48.9 Å². The van der Waals surface area contributed by atoms with Gasteiger partial charge in [-0.3, -0.25) is 14.7 Å². The molecule has 1 fully saturated rings. The molecular weight excluding hydrogens is 346 g/mol. The maximum absolute atomic E-state index is 12.4. The lowest BCUT2D eigenvalue weighted by Gasteiger charge is -2.32. The van der Waals surface area contributed by atoms with Crippen molar-refractivity contribution in [3.63, 3.8) is 0 Å². The maximum atomic E-state index is 12.4. The molecule has 0 unspecified atom stereocenters. The van der Waals surface area contributed by atoms with Gasteiger partial charge in [-0.05, 0) is 30.5 Å². The number of carbonyl (C=O) groups is 1. The highest BCUT2D eigenvalue weighted by atomic mass is 16.1. The number of aromatic nitrogens is 1. The van der Waals surface area contributed by atoms with Gasteiger partial charge in [0.15, 0.2) is 0 Å². The number of pyridine rings is 1. The summed E-state index contributed by atoms with van der Waals surface area (Å²) in [5.41, 5.74) is 3.23. The molecule has 0 saturated carbocycles. The van der Waals surface area contributed by atoms with E-state index < -0.39 is 0 Å². The Morgan fingerprint density at radius 1 is 1.04 bits per heavy atom. The molecule has 2 aromatic carbocycles. The Bertz CT molecular complexity index is 955. The van der Waals surface area contributed by atoms with Crippen LogP contribution in [0.1, 0.15) is 24.0 Å². The van der Waals surface area contributed by atoms with E-state index in [4.69, 9.17) is 0 Å². The zero-order valence-electron chi connectivity index (χ0n) is 15.9. The maximum Gasteiger partial charge on any atom is 0.244 e. The fourth-order valence-electron chi connectivity index (χ4n) is 3.75. The number of nitrogens with zero attached hydrogens (tertiary/aromatic N) is 2. The van der Waals surface area contributed by atoms with Crippen molar-refractivity contribution < 1.29 is 4.79 Å². The molecule has 0 aliphatic carbocycles. The molecule has 0 spiro atoms. The van der Waals surface area contributed by atoms with Crippen LogP contribution < -0.4 is 5.32 Å². The SMILES string of the molecule is O=C(/C=C/c1cccc2cccnc12)NC1CCN(Cc2ccccc2)CC1. The minimum absolute atomic E-state index is 0.0329. The average Bonchev–Trinajstić information content (AvgIpc) is 2.74. The van der Waals surface area contributed by atoms with Crippen LogP contribution in [-0.4, -0.2) is 34.9 Å². The van der Waals surface area contributed by atoms with Gasteiger partial charge in [0.25, 0.3) is 0 Å². The Kier molecular flexibility index (Phi) is 5.78. The summed E-state index contributed by atoms with van der Waals surface area (Å²) in [7, 11) is 0. The zero-order valence-corrected chi connectivity index (χ0v) is 15.9. The molecule has 0 bridgehead atoms. The number of benzene rings is 2. The van der Waals surface area contributed by atoms with Gasteiger partial charge in [-0.25, -0.2) is 0 Å². The van der Waals surface area contributed by atoms with Gasteiger partial charge in [0.1, 0.15) is 0 Å². The second kappa shape index (κ2) is 8.81. The third-order valence-corrected chi connectivity index (χ3v) is 5.26. The van der Waals surface area contributed by atoms with Crippen molar-refractivity contribution in [3.05, 3.63) is 84.1 Å². The first-order valence-corrected chi connectivity index (χ1v) is 9.86. The Labute approximate surface area is 165 Å². The van der Waals surface area contributed by atoms with Gasteiger partial charge in [-0.2, -0.15) is 0 Å². The number of rotatable bonds is 5. The van der Waals surface area contributed by atoms with Crippen molar-refractivity contribution in [1.29, 1.82) is 0 Å². The second-order valence-electron chi connectivity index (χ2n) is 7.30. The topological polar surface area (TPSA) is 45.2 Å². The normalized spacial score (nSPS) is 15.9. The van der Waals surface area contributed by atoms with Gasteiger partial charge >= 0.3 is 0 Å². The quantitative estimate of drug-likeness (QED) is 0.689. The Morgan fingerprint density at radius 2 is 1.82 bits per heavy atom. The molecule has 1 aliphatic heterocycles. The molecular formula is C24H25N3O. The first kappa shape index (κ1) is 18.4. The lowest BCUT2D eigenvalue weighted by Crippen LogP contribution is -2.43. The summed E-state index contributed by atoms with van der Waals surface area (Å²) in [4.78, 5) is 19.2. The van der Waals surface area contributed by atoms with Crippen LogP contribution in [0.15, 0.2) is 72.9 Å². The summed E-state index contributed by atoms with van der Waals surface area (Å²) in [5.74, 6) is -0.0329. The van der Waals surface area contributed by atoms with E-state index in [0.29, 0.717) is 0 Å². The number of para-hydroxylation sites is 1. The van der Waals surface area contributed by atoms with E-state index in [1.807, 2.05) is 42.5 Å². The highest BCUT2D eigenvalue weighted by Gasteiger charge is 2.20. The largest absolute Gasteiger partial charge is 0.350 e. The van der Waals surface area contributed by atoms with Crippen LogP contribution in [-0.2, 0) is 11.3 Å². The summed E-state index contributed by atoms with van der Waals surface area (Å²) >= 11 is 0. The summed E-state index contributed by atoms with van der Waals surface area (Å²) < 4.78 is 0. The second-order valence-corrected chi connectivity index (χ2v) is 7.30. The predicted molar refractivity (Wildman–Crippen MR) is 114 cm³/mol. The van der Waals surface area contributed by atoms with Crippen molar-refractivity contribution in [2.24, 2.45) is 0 Å². The minimum atomic E-state index is -0.0329. The van der Waals surface area contributed by atoms with E-state index in [-0.39, 0.29) is 11.9 Å². The first-order chi connectivity index (χ1) is 13.8. The molecule has 0 radical (unpaired) electrons. The summed E-state index contributed by atoms with van der Waals surface area (Å²) in [6.45, 7) is 3.00. The fourth-order valence-corrected chi connectivity index (χ4v) is 3.75. The van der Waals surface area contributed by atoms with Crippen LogP contribution in [0.2, 0.25) is 0 Å². The molecule has 1 aromatic heterocycles. The van der Waals surface area contributed by atoms with Crippen LogP contribution in [0.5, 0.6) is 0 Å². The van der Waals surface area contributed by atoms with E-state index >= 15 is 0 Å². The molecule has 0 atom stereocenters. The molecule has 3 aromatic rings. The Hall–Kier alpha value is -2.98. The number of fused-ring (bicyclic) bond motifs is 1. The molecule has 4 heteroatoms. The summed E-state index contributed by atoms with van der Waals surface area (Å²) in [5, 5.41) is 4.23. The van der Waals surface area contributed by atoms with Crippen molar-refractivity contribution in [3.8, 4) is 0 Å².